The van der Waals surface area contributed by atoms with Crippen LogP contribution in [0.25, 0.3) is 0 Å². The molecular formula is C13H15NO2. The maximum Gasteiger partial charge on any atom is 0.307 e. The molecule has 0 spiro atoms. The van der Waals surface area contributed by atoms with Gasteiger partial charge < -0.3 is 10.4 Å². The molecule has 2 fully saturated rings. The van der Waals surface area contributed by atoms with Crippen LogP contribution in [0.3, 0.4) is 0 Å². The maximum atomic E-state index is 11.0. The van der Waals surface area contributed by atoms with E-state index in [1.807, 2.05) is 6.07 Å². The van der Waals surface area contributed by atoms with Gasteiger partial charge in [0.1, 0.15) is 0 Å². The second kappa shape index (κ2) is 3.32. The number of piperidine rings is 1. The van der Waals surface area contributed by atoms with Gasteiger partial charge in [-0.2, -0.15) is 0 Å². The Bertz CT molecular complexity index is 443. The Kier molecular flexibility index (Phi) is 2.04. The number of hydrogen-bond acceptors (Lipinski definition) is 2. The summed E-state index contributed by atoms with van der Waals surface area (Å²) in [5.41, 5.74) is 2.46. The summed E-state index contributed by atoms with van der Waals surface area (Å²) in [6.07, 6.45) is 0. The molecule has 1 aromatic carbocycles. The number of carbonyl (C=O) groups is 1. The highest BCUT2D eigenvalue weighted by Gasteiger charge is 2.62. The van der Waals surface area contributed by atoms with Crippen LogP contribution in [0.15, 0.2) is 24.3 Å². The minimum atomic E-state index is -0.630. The van der Waals surface area contributed by atoms with Crippen molar-refractivity contribution in [3.05, 3.63) is 35.4 Å². The summed E-state index contributed by atoms with van der Waals surface area (Å²) < 4.78 is 0. The molecule has 1 aliphatic heterocycles. The fraction of sp³-hybridized carbons (Fsp3) is 0.462. The molecule has 0 amide bonds. The second-order valence-corrected chi connectivity index (χ2v) is 4.91. The number of nitrogens with one attached hydrogen (secondary N) is 1. The molecule has 3 nitrogen and oxygen atoms in total. The van der Waals surface area contributed by atoms with Crippen LogP contribution in [0.1, 0.15) is 17.2 Å². The molecule has 4 unspecified atom stereocenters. The number of hydrogen-bond donors (Lipinski definition) is 2. The van der Waals surface area contributed by atoms with Crippen molar-refractivity contribution in [2.75, 3.05) is 6.54 Å². The first-order valence-electron chi connectivity index (χ1n) is 5.71. The molecule has 2 aliphatic rings. The SMILES string of the molecule is Cc1cccc(C2NCC3C(C(=O)O)C23)c1. The molecule has 16 heavy (non-hydrogen) atoms. The largest absolute Gasteiger partial charge is 0.481 e. The number of aryl methyl sites for hydroxylation is 1. The highest BCUT2D eigenvalue weighted by molar-refractivity contribution is 5.75. The van der Waals surface area contributed by atoms with Gasteiger partial charge in [-0.15, -0.1) is 0 Å². The van der Waals surface area contributed by atoms with Crippen molar-refractivity contribution in [1.29, 1.82) is 0 Å². The first-order valence-corrected chi connectivity index (χ1v) is 5.71. The average molecular weight is 217 g/mol. The monoisotopic (exact) mass is 217 g/mol. The highest BCUT2D eigenvalue weighted by atomic mass is 16.4. The predicted molar refractivity (Wildman–Crippen MR) is 60.0 cm³/mol. The van der Waals surface area contributed by atoms with Crippen LogP contribution in [-0.2, 0) is 4.79 Å². The van der Waals surface area contributed by atoms with Gasteiger partial charge in [-0.1, -0.05) is 29.8 Å². The lowest BCUT2D eigenvalue weighted by Gasteiger charge is -2.15. The van der Waals surface area contributed by atoms with Crippen molar-refractivity contribution in [2.45, 2.75) is 13.0 Å². The van der Waals surface area contributed by atoms with Crippen molar-refractivity contribution in [3.8, 4) is 0 Å². The van der Waals surface area contributed by atoms with Gasteiger partial charge in [0.25, 0.3) is 0 Å². The molecule has 1 saturated carbocycles. The van der Waals surface area contributed by atoms with Crippen LogP contribution in [0.5, 0.6) is 0 Å². The number of fused-ring (bicyclic) bond motifs is 1. The van der Waals surface area contributed by atoms with Gasteiger partial charge in [0.2, 0.25) is 0 Å². The average Bonchev–Trinajstić information content (AvgIpc) is 2.81. The van der Waals surface area contributed by atoms with E-state index < -0.39 is 5.97 Å². The molecular weight excluding hydrogens is 202 g/mol. The third-order valence-corrected chi connectivity index (χ3v) is 3.87. The van der Waals surface area contributed by atoms with E-state index >= 15 is 0 Å². The minimum Gasteiger partial charge on any atom is -0.481 e. The second-order valence-electron chi connectivity index (χ2n) is 4.91. The third kappa shape index (κ3) is 1.35. The third-order valence-electron chi connectivity index (χ3n) is 3.87. The fourth-order valence-corrected chi connectivity index (χ4v) is 3.07. The summed E-state index contributed by atoms with van der Waals surface area (Å²) in [4.78, 5) is 11.0. The maximum absolute atomic E-state index is 11.0. The van der Waals surface area contributed by atoms with Gasteiger partial charge in [-0.05, 0) is 30.9 Å². The van der Waals surface area contributed by atoms with Crippen LogP contribution in [0.4, 0.5) is 0 Å². The lowest BCUT2D eigenvalue weighted by atomic mass is 10.0. The predicted octanol–water partition coefficient (Wildman–Crippen LogP) is 1.59. The van der Waals surface area contributed by atoms with Crippen LogP contribution in [0, 0.1) is 24.7 Å². The standard InChI is InChI=1S/C13H15NO2/c1-7-3-2-4-8(5-7)12-10-9(6-14-12)11(10)13(15)16/h2-5,9-12,14H,6H2,1H3,(H,15,16). The summed E-state index contributed by atoms with van der Waals surface area (Å²) >= 11 is 0. The first-order chi connectivity index (χ1) is 7.68. The van der Waals surface area contributed by atoms with E-state index in [1.54, 1.807) is 0 Å². The van der Waals surface area contributed by atoms with E-state index in [2.05, 4.69) is 30.4 Å². The van der Waals surface area contributed by atoms with Gasteiger partial charge in [0, 0.05) is 6.04 Å². The van der Waals surface area contributed by atoms with Crippen molar-refractivity contribution in [2.24, 2.45) is 17.8 Å². The Morgan fingerprint density at radius 3 is 2.94 bits per heavy atom. The molecule has 1 saturated heterocycles. The van der Waals surface area contributed by atoms with Gasteiger partial charge in [0.15, 0.2) is 0 Å². The fourth-order valence-electron chi connectivity index (χ4n) is 3.07. The van der Waals surface area contributed by atoms with E-state index in [0.29, 0.717) is 11.8 Å². The summed E-state index contributed by atoms with van der Waals surface area (Å²) in [5, 5.41) is 12.5. The Balaban J connectivity index is 1.85. The Morgan fingerprint density at radius 2 is 2.31 bits per heavy atom. The van der Waals surface area contributed by atoms with Crippen molar-refractivity contribution >= 4 is 5.97 Å². The van der Waals surface area contributed by atoms with Gasteiger partial charge >= 0.3 is 5.97 Å². The Hall–Kier alpha value is -1.35. The smallest absolute Gasteiger partial charge is 0.307 e. The molecule has 84 valence electrons. The van der Waals surface area contributed by atoms with Crippen molar-refractivity contribution in [3.63, 3.8) is 0 Å². The molecule has 1 heterocycles. The van der Waals surface area contributed by atoms with Crippen LogP contribution in [0.2, 0.25) is 0 Å². The number of carboxylic acids is 1. The quantitative estimate of drug-likeness (QED) is 0.790. The van der Waals surface area contributed by atoms with E-state index in [9.17, 15) is 4.79 Å². The normalized spacial score (nSPS) is 35.8. The van der Waals surface area contributed by atoms with Crippen molar-refractivity contribution < 1.29 is 9.90 Å². The number of carboxylic acid groups (broad SMARTS) is 1. The molecule has 0 aromatic heterocycles. The lowest BCUT2D eigenvalue weighted by Crippen LogP contribution is -2.23. The molecule has 2 N–H and O–H groups in total. The summed E-state index contributed by atoms with van der Waals surface area (Å²) in [6, 6.07) is 8.59. The molecule has 1 aromatic rings. The number of aliphatic carboxylic acids is 1. The van der Waals surface area contributed by atoms with Gasteiger partial charge in [-0.25, -0.2) is 0 Å². The molecule has 0 radical (unpaired) electrons. The lowest BCUT2D eigenvalue weighted by molar-refractivity contribution is -0.139. The van der Waals surface area contributed by atoms with Gasteiger partial charge in [-0.3, -0.25) is 4.79 Å². The zero-order valence-corrected chi connectivity index (χ0v) is 9.18. The van der Waals surface area contributed by atoms with E-state index in [1.165, 1.54) is 11.1 Å². The zero-order chi connectivity index (χ0) is 11.3. The van der Waals surface area contributed by atoms with E-state index in [-0.39, 0.29) is 12.0 Å². The highest BCUT2D eigenvalue weighted by Crippen LogP contribution is 2.57. The summed E-state index contributed by atoms with van der Waals surface area (Å²) in [6.45, 7) is 2.91. The van der Waals surface area contributed by atoms with Crippen LogP contribution < -0.4 is 5.32 Å². The Labute approximate surface area is 94.5 Å². The van der Waals surface area contributed by atoms with Gasteiger partial charge in [0.05, 0.1) is 5.92 Å². The minimum absolute atomic E-state index is 0.119. The van der Waals surface area contributed by atoms with Crippen LogP contribution in [-0.4, -0.2) is 17.6 Å². The molecule has 1 aliphatic carbocycles. The number of benzene rings is 1. The van der Waals surface area contributed by atoms with Crippen molar-refractivity contribution in [1.82, 2.24) is 5.32 Å². The summed E-state index contributed by atoms with van der Waals surface area (Å²) in [5.74, 6) is -0.0942. The Morgan fingerprint density at radius 1 is 1.50 bits per heavy atom. The zero-order valence-electron chi connectivity index (χ0n) is 9.18. The first kappa shape index (κ1) is 9.85. The van der Waals surface area contributed by atoms with Crippen LogP contribution >= 0.6 is 0 Å². The summed E-state index contributed by atoms with van der Waals surface area (Å²) in [7, 11) is 0. The van der Waals surface area contributed by atoms with E-state index in [4.69, 9.17) is 5.11 Å². The molecule has 4 atom stereocenters. The van der Waals surface area contributed by atoms with E-state index in [0.717, 1.165) is 6.54 Å². The molecule has 3 heteroatoms. The molecule has 0 bridgehead atoms. The topological polar surface area (TPSA) is 49.3 Å². The number of rotatable bonds is 2. The molecule has 3 rings (SSSR count).